The third kappa shape index (κ3) is 1.95. The van der Waals surface area contributed by atoms with Crippen LogP contribution in [0.15, 0.2) is 16.6 Å². The van der Waals surface area contributed by atoms with E-state index in [0.29, 0.717) is 15.8 Å². The summed E-state index contributed by atoms with van der Waals surface area (Å²) in [5.41, 5.74) is 0.479. The van der Waals surface area contributed by atoms with Crippen molar-refractivity contribution in [3.8, 4) is 11.5 Å². The van der Waals surface area contributed by atoms with Crippen LogP contribution >= 0.6 is 15.9 Å². The third-order valence-corrected chi connectivity index (χ3v) is 2.55. The van der Waals surface area contributed by atoms with Gasteiger partial charge in [-0.15, -0.1) is 0 Å². The lowest BCUT2D eigenvalue weighted by atomic mass is 10.1. The SMILES string of the molecule is COc1ccc(C(C)O)c(O)c1Br. The summed E-state index contributed by atoms with van der Waals surface area (Å²) in [6.45, 7) is 1.59. The van der Waals surface area contributed by atoms with Crippen molar-refractivity contribution in [2.24, 2.45) is 0 Å². The minimum Gasteiger partial charge on any atom is -0.506 e. The van der Waals surface area contributed by atoms with Gasteiger partial charge in [-0.1, -0.05) is 0 Å². The fraction of sp³-hybridized carbons (Fsp3) is 0.333. The number of aliphatic hydroxyl groups excluding tert-OH is 1. The Bertz CT molecular complexity index is 310. The third-order valence-electron chi connectivity index (χ3n) is 1.78. The summed E-state index contributed by atoms with van der Waals surface area (Å²) in [7, 11) is 1.52. The number of ether oxygens (including phenoxy) is 1. The molecular formula is C9H11BrO3. The van der Waals surface area contributed by atoms with Gasteiger partial charge in [-0.05, 0) is 35.0 Å². The lowest BCUT2D eigenvalue weighted by Gasteiger charge is -2.11. The van der Waals surface area contributed by atoms with Gasteiger partial charge in [0.1, 0.15) is 16.0 Å². The van der Waals surface area contributed by atoms with Crippen LogP contribution in [0.4, 0.5) is 0 Å². The van der Waals surface area contributed by atoms with E-state index in [4.69, 9.17) is 4.74 Å². The molecular weight excluding hydrogens is 236 g/mol. The summed E-state index contributed by atoms with van der Waals surface area (Å²) in [5, 5.41) is 18.9. The van der Waals surface area contributed by atoms with Crippen LogP contribution in [0.5, 0.6) is 11.5 Å². The summed E-state index contributed by atoms with van der Waals surface area (Å²) in [5.74, 6) is 0.566. The average Bonchev–Trinajstić information content (AvgIpc) is 2.09. The van der Waals surface area contributed by atoms with Crippen LogP contribution in [-0.2, 0) is 0 Å². The van der Waals surface area contributed by atoms with Gasteiger partial charge in [0.05, 0.1) is 13.2 Å². The lowest BCUT2D eigenvalue weighted by molar-refractivity contribution is 0.194. The Balaban J connectivity index is 3.23. The standard InChI is InChI=1S/C9H11BrO3/c1-5(11)6-3-4-7(13-2)8(10)9(6)12/h3-5,11-12H,1-2H3. The summed E-state index contributed by atoms with van der Waals surface area (Å²) in [4.78, 5) is 0. The number of rotatable bonds is 2. The Hall–Kier alpha value is -0.740. The minimum atomic E-state index is -0.692. The minimum absolute atomic E-state index is 0.0225. The van der Waals surface area contributed by atoms with Crippen molar-refractivity contribution in [3.63, 3.8) is 0 Å². The zero-order valence-corrected chi connectivity index (χ0v) is 9.00. The van der Waals surface area contributed by atoms with Gasteiger partial charge in [0.2, 0.25) is 0 Å². The highest BCUT2D eigenvalue weighted by molar-refractivity contribution is 9.10. The molecule has 1 aromatic carbocycles. The second-order valence-electron chi connectivity index (χ2n) is 2.70. The Morgan fingerprint density at radius 2 is 2.08 bits per heavy atom. The Labute approximate surface area is 85.1 Å². The molecule has 1 atom stereocenters. The lowest BCUT2D eigenvalue weighted by Crippen LogP contribution is -1.93. The van der Waals surface area contributed by atoms with Crippen molar-refractivity contribution in [1.29, 1.82) is 0 Å². The quantitative estimate of drug-likeness (QED) is 0.842. The van der Waals surface area contributed by atoms with Gasteiger partial charge >= 0.3 is 0 Å². The van der Waals surface area contributed by atoms with Gasteiger partial charge in [0.25, 0.3) is 0 Å². The molecule has 0 fully saturated rings. The first kappa shape index (κ1) is 10.3. The molecule has 1 rings (SSSR count). The smallest absolute Gasteiger partial charge is 0.139 e. The van der Waals surface area contributed by atoms with E-state index in [0.717, 1.165) is 0 Å². The molecule has 0 aliphatic heterocycles. The number of aliphatic hydroxyl groups is 1. The van der Waals surface area contributed by atoms with E-state index in [1.807, 2.05) is 0 Å². The van der Waals surface area contributed by atoms with Crippen molar-refractivity contribution < 1.29 is 14.9 Å². The summed E-state index contributed by atoms with van der Waals surface area (Å²) in [6, 6.07) is 3.31. The molecule has 0 spiro atoms. The fourth-order valence-electron chi connectivity index (χ4n) is 1.06. The molecule has 3 nitrogen and oxygen atoms in total. The van der Waals surface area contributed by atoms with Gasteiger partial charge < -0.3 is 14.9 Å². The second kappa shape index (κ2) is 3.98. The van der Waals surface area contributed by atoms with Gasteiger partial charge in [0, 0.05) is 5.56 Å². The number of hydrogen-bond donors (Lipinski definition) is 2. The number of aromatic hydroxyl groups is 1. The van der Waals surface area contributed by atoms with E-state index >= 15 is 0 Å². The molecule has 0 saturated heterocycles. The normalized spacial score (nSPS) is 12.6. The molecule has 0 aromatic heterocycles. The highest BCUT2D eigenvalue weighted by atomic mass is 79.9. The molecule has 13 heavy (non-hydrogen) atoms. The van der Waals surface area contributed by atoms with Crippen molar-refractivity contribution in [3.05, 3.63) is 22.2 Å². The van der Waals surface area contributed by atoms with Crippen molar-refractivity contribution in [2.75, 3.05) is 7.11 Å². The molecule has 0 saturated carbocycles. The van der Waals surface area contributed by atoms with E-state index < -0.39 is 6.10 Å². The molecule has 2 N–H and O–H groups in total. The molecule has 0 bridgehead atoms. The Morgan fingerprint density at radius 1 is 1.46 bits per heavy atom. The van der Waals surface area contributed by atoms with Gasteiger partial charge in [-0.25, -0.2) is 0 Å². The van der Waals surface area contributed by atoms with E-state index in [1.165, 1.54) is 7.11 Å². The zero-order valence-electron chi connectivity index (χ0n) is 7.41. The summed E-state index contributed by atoms with van der Waals surface area (Å²) in [6.07, 6.45) is -0.692. The summed E-state index contributed by atoms with van der Waals surface area (Å²) < 4.78 is 5.44. The van der Waals surface area contributed by atoms with Crippen LogP contribution in [0.2, 0.25) is 0 Å². The van der Waals surface area contributed by atoms with E-state index in [1.54, 1.807) is 19.1 Å². The molecule has 0 amide bonds. The first-order chi connectivity index (χ1) is 6.07. The van der Waals surface area contributed by atoms with Gasteiger partial charge in [0.15, 0.2) is 0 Å². The van der Waals surface area contributed by atoms with Crippen LogP contribution < -0.4 is 4.74 Å². The van der Waals surface area contributed by atoms with Gasteiger partial charge in [-0.2, -0.15) is 0 Å². The average molecular weight is 247 g/mol. The molecule has 0 heterocycles. The van der Waals surface area contributed by atoms with Crippen LogP contribution in [0.3, 0.4) is 0 Å². The van der Waals surface area contributed by atoms with Crippen molar-refractivity contribution in [1.82, 2.24) is 0 Å². The molecule has 0 aliphatic carbocycles. The number of phenols is 1. The predicted octanol–water partition coefficient (Wildman–Crippen LogP) is 2.22. The second-order valence-corrected chi connectivity index (χ2v) is 3.49. The highest BCUT2D eigenvalue weighted by Crippen LogP contribution is 2.38. The van der Waals surface area contributed by atoms with E-state index in [9.17, 15) is 10.2 Å². The molecule has 4 heteroatoms. The predicted molar refractivity (Wildman–Crippen MR) is 53.0 cm³/mol. The summed E-state index contributed by atoms with van der Waals surface area (Å²) >= 11 is 3.17. The topological polar surface area (TPSA) is 49.7 Å². The van der Waals surface area contributed by atoms with Crippen LogP contribution in [0.1, 0.15) is 18.6 Å². The number of hydrogen-bond acceptors (Lipinski definition) is 3. The van der Waals surface area contributed by atoms with Crippen molar-refractivity contribution in [2.45, 2.75) is 13.0 Å². The Kier molecular flexibility index (Phi) is 3.17. The maximum Gasteiger partial charge on any atom is 0.139 e. The first-order valence-electron chi connectivity index (χ1n) is 3.81. The first-order valence-corrected chi connectivity index (χ1v) is 4.60. The van der Waals surface area contributed by atoms with E-state index in [-0.39, 0.29) is 5.75 Å². The Morgan fingerprint density at radius 3 is 2.54 bits per heavy atom. The maximum absolute atomic E-state index is 9.59. The monoisotopic (exact) mass is 246 g/mol. The number of halogens is 1. The number of benzene rings is 1. The zero-order chi connectivity index (χ0) is 10.0. The van der Waals surface area contributed by atoms with Gasteiger partial charge in [-0.3, -0.25) is 0 Å². The maximum atomic E-state index is 9.59. The fourth-order valence-corrected chi connectivity index (χ4v) is 1.58. The van der Waals surface area contributed by atoms with Crippen molar-refractivity contribution >= 4 is 15.9 Å². The number of methoxy groups -OCH3 is 1. The molecule has 0 radical (unpaired) electrons. The molecule has 1 aromatic rings. The molecule has 72 valence electrons. The van der Waals surface area contributed by atoms with Crippen LogP contribution in [0, 0.1) is 0 Å². The van der Waals surface area contributed by atoms with E-state index in [2.05, 4.69) is 15.9 Å². The highest BCUT2D eigenvalue weighted by Gasteiger charge is 2.13. The number of phenolic OH excluding ortho intramolecular Hbond substituents is 1. The van der Waals surface area contributed by atoms with Crippen LogP contribution in [0.25, 0.3) is 0 Å². The molecule has 0 aliphatic rings. The largest absolute Gasteiger partial charge is 0.506 e. The van der Waals surface area contributed by atoms with Crippen LogP contribution in [-0.4, -0.2) is 17.3 Å². The molecule has 1 unspecified atom stereocenters.